The first-order valence-electron chi connectivity index (χ1n) is 7.40. The SMILES string of the molecule is CCNS(=O)(=O)c1ccc(C(=O)N2CCC(C)(CN)C2)cc1.Cl. The summed E-state index contributed by atoms with van der Waals surface area (Å²) in [5.74, 6) is -0.0791. The molecule has 1 atom stereocenters. The number of benzene rings is 1. The molecule has 1 aliphatic heterocycles. The summed E-state index contributed by atoms with van der Waals surface area (Å²) in [7, 11) is -3.49. The van der Waals surface area contributed by atoms with Gasteiger partial charge in [0.15, 0.2) is 0 Å². The average molecular weight is 362 g/mol. The summed E-state index contributed by atoms with van der Waals surface area (Å²) < 4.78 is 26.2. The Morgan fingerprint density at radius 2 is 1.96 bits per heavy atom. The Kier molecular flexibility index (Phi) is 6.59. The maximum absolute atomic E-state index is 12.5. The number of nitrogens with one attached hydrogen (secondary N) is 1. The highest BCUT2D eigenvalue weighted by molar-refractivity contribution is 7.89. The third-order valence-corrected chi connectivity index (χ3v) is 5.65. The molecule has 1 aromatic carbocycles. The molecule has 1 heterocycles. The van der Waals surface area contributed by atoms with Crippen LogP contribution < -0.4 is 10.5 Å². The highest BCUT2D eigenvalue weighted by atomic mass is 35.5. The van der Waals surface area contributed by atoms with E-state index in [0.717, 1.165) is 6.42 Å². The summed E-state index contributed by atoms with van der Waals surface area (Å²) in [6.07, 6.45) is 0.891. The number of halogens is 1. The van der Waals surface area contributed by atoms with Crippen LogP contribution in [0.5, 0.6) is 0 Å². The van der Waals surface area contributed by atoms with Crippen LogP contribution >= 0.6 is 12.4 Å². The molecule has 23 heavy (non-hydrogen) atoms. The number of rotatable bonds is 5. The first-order chi connectivity index (χ1) is 10.3. The second kappa shape index (κ2) is 7.61. The standard InChI is InChI=1S/C15H23N3O3S.ClH/c1-3-17-22(20,21)13-6-4-12(5-7-13)14(19)18-9-8-15(2,10-16)11-18;/h4-7,17H,3,8-11,16H2,1-2H3;1H. The van der Waals surface area contributed by atoms with Crippen molar-refractivity contribution in [2.24, 2.45) is 11.1 Å². The minimum absolute atomic E-state index is 0. The van der Waals surface area contributed by atoms with E-state index in [0.29, 0.717) is 31.7 Å². The second-order valence-corrected chi connectivity index (χ2v) is 7.78. The molecule has 0 bridgehead atoms. The molecule has 1 fully saturated rings. The van der Waals surface area contributed by atoms with Crippen molar-refractivity contribution in [3.05, 3.63) is 29.8 Å². The molecule has 0 radical (unpaired) electrons. The Balaban J connectivity index is 0.00000264. The van der Waals surface area contributed by atoms with Crippen LogP contribution in [0.4, 0.5) is 0 Å². The van der Waals surface area contributed by atoms with E-state index < -0.39 is 10.0 Å². The minimum Gasteiger partial charge on any atom is -0.338 e. The predicted molar refractivity (Wildman–Crippen MR) is 92.2 cm³/mol. The number of carbonyl (C=O) groups is 1. The minimum atomic E-state index is -3.49. The Hall–Kier alpha value is -1.15. The summed E-state index contributed by atoms with van der Waals surface area (Å²) in [6.45, 7) is 6.00. The smallest absolute Gasteiger partial charge is 0.253 e. The fourth-order valence-electron chi connectivity index (χ4n) is 2.60. The third-order valence-electron chi connectivity index (χ3n) is 4.08. The molecule has 0 aromatic heterocycles. The van der Waals surface area contributed by atoms with Crippen molar-refractivity contribution in [2.75, 3.05) is 26.2 Å². The van der Waals surface area contributed by atoms with Gasteiger partial charge in [-0.1, -0.05) is 13.8 Å². The number of nitrogens with zero attached hydrogens (tertiary/aromatic N) is 1. The monoisotopic (exact) mass is 361 g/mol. The molecule has 0 saturated carbocycles. The molecule has 2 rings (SSSR count). The lowest BCUT2D eigenvalue weighted by molar-refractivity contribution is 0.0777. The molecule has 8 heteroatoms. The molecule has 3 N–H and O–H groups in total. The van der Waals surface area contributed by atoms with Gasteiger partial charge in [-0.15, -0.1) is 12.4 Å². The number of likely N-dealkylation sites (tertiary alicyclic amines) is 1. The zero-order chi connectivity index (χ0) is 16.4. The highest BCUT2D eigenvalue weighted by Gasteiger charge is 2.35. The first kappa shape index (κ1) is 19.9. The fraction of sp³-hybridized carbons (Fsp3) is 0.533. The maximum Gasteiger partial charge on any atom is 0.253 e. The van der Waals surface area contributed by atoms with Gasteiger partial charge in [-0.2, -0.15) is 0 Å². The quantitative estimate of drug-likeness (QED) is 0.824. The van der Waals surface area contributed by atoms with Crippen LogP contribution in [0.2, 0.25) is 0 Å². The zero-order valence-electron chi connectivity index (χ0n) is 13.4. The summed E-state index contributed by atoms with van der Waals surface area (Å²) in [4.78, 5) is 14.4. The molecule has 1 unspecified atom stereocenters. The van der Waals surface area contributed by atoms with E-state index in [1.165, 1.54) is 12.1 Å². The predicted octanol–water partition coefficient (Wildman–Crippen LogP) is 1.22. The Morgan fingerprint density at radius 1 is 1.35 bits per heavy atom. The number of hydrogen-bond acceptors (Lipinski definition) is 4. The Bertz CT molecular complexity index is 648. The number of carbonyl (C=O) groups excluding carboxylic acids is 1. The van der Waals surface area contributed by atoms with Crippen LogP contribution in [-0.2, 0) is 10.0 Å². The van der Waals surface area contributed by atoms with Gasteiger partial charge in [0, 0.05) is 25.2 Å². The fourth-order valence-corrected chi connectivity index (χ4v) is 3.64. The lowest BCUT2D eigenvalue weighted by atomic mass is 9.90. The van der Waals surface area contributed by atoms with E-state index in [-0.39, 0.29) is 28.6 Å². The van der Waals surface area contributed by atoms with Crippen LogP contribution in [0.25, 0.3) is 0 Å². The lowest BCUT2D eigenvalue weighted by Crippen LogP contribution is -2.34. The van der Waals surface area contributed by atoms with Crippen LogP contribution in [-0.4, -0.2) is 45.4 Å². The first-order valence-corrected chi connectivity index (χ1v) is 8.89. The van der Waals surface area contributed by atoms with Gasteiger partial charge in [0.1, 0.15) is 0 Å². The molecule has 130 valence electrons. The van der Waals surface area contributed by atoms with Gasteiger partial charge in [-0.05, 0) is 42.6 Å². The highest BCUT2D eigenvalue weighted by Crippen LogP contribution is 2.29. The Labute approximate surface area is 143 Å². The number of nitrogens with two attached hydrogens (primary N) is 1. The van der Waals surface area contributed by atoms with Crippen LogP contribution in [0, 0.1) is 5.41 Å². The lowest BCUT2D eigenvalue weighted by Gasteiger charge is -2.22. The van der Waals surface area contributed by atoms with Crippen molar-refractivity contribution in [2.45, 2.75) is 25.2 Å². The summed E-state index contributed by atoms with van der Waals surface area (Å²) in [6, 6.07) is 6.04. The molecule has 1 amide bonds. The van der Waals surface area contributed by atoms with Gasteiger partial charge < -0.3 is 10.6 Å². The van der Waals surface area contributed by atoms with E-state index >= 15 is 0 Å². The van der Waals surface area contributed by atoms with Gasteiger partial charge >= 0.3 is 0 Å². The largest absolute Gasteiger partial charge is 0.338 e. The normalized spacial score (nSPS) is 21.1. The van der Waals surface area contributed by atoms with E-state index in [1.807, 2.05) is 0 Å². The van der Waals surface area contributed by atoms with E-state index in [1.54, 1.807) is 24.0 Å². The topological polar surface area (TPSA) is 92.5 Å². The van der Waals surface area contributed by atoms with Crippen LogP contribution in [0.3, 0.4) is 0 Å². The van der Waals surface area contributed by atoms with Gasteiger partial charge in [-0.25, -0.2) is 13.1 Å². The van der Waals surface area contributed by atoms with Gasteiger partial charge in [-0.3, -0.25) is 4.79 Å². The van der Waals surface area contributed by atoms with E-state index in [9.17, 15) is 13.2 Å². The van der Waals surface area contributed by atoms with Crippen molar-refractivity contribution < 1.29 is 13.2 Å². The van der Waals surface area contributed by atoms with Crippen molar-refractivity contribution in [3.8, 4) is 0 Å². The van der Waals surface area contributed by atoms with E-state index in [4.69, 9.17) is 5.73 Å². The van der Waals surface area contributed by atoms with Crippen LogP contribution in [0.15, 0.2) is 29.2 Å². The molecule has 1 aliphatic rings. The second-order valence-electron chi connectivity index (χ2n) is 6.02. The molecule has 0 aliphatic carbocycles. The van der Waals surface area contributed by atoms with Gasteiger partial charge in [0.05, 0.1) is 4.90 Å². The third kappa shape index (κ3) is 4.44. The molecular formula is C15H24ClN3O3S. The van der Waals surface area contributed by atoms with Crippen molar-refractivity contribution in [1.29, 1.82) is 0 Å². The molecule has 1 aromatic rings. The van der Waals surface area contributed by atoms with Crippen molar-refractivity contribution in [1.82, 2.24) is 9.62 Å². The zero-order valence-corrected chi connectivity index (χ0v) is 15.0. The maximum atomic E-state index is 12.5. The molecule has 6 nitrogen and oxygen atoms in total. The Morgan fingerprint density at radius 3 is 2.43 bits per heavy atom. The average Bonchev–Trinajstić information content (AvgIpc) is 2.90. The summed E-state index contributed by atoms with van der Waals surface area (Å²) >= 11 is 0. The van der Waals surface area contributed by atoms with Crippen molar-refractivity contribution in [3.63, 3.8) is 0 Å². The number of sulfonamides is 1. The van der Waals surface area contributed by atoms with Crippen molar-refractivity contribution >= 4 is 28.3 Å². The van der Waals surface area contributed by atoms with Crippen LogP contribution in [0.1, 0.15) is 30.6 Å². The number of hydrogen-bond donors (Lipinski definition) is 2. The summed E-state index contributed by atoms with van der Waals surface area (Å²) in [5, 5.41) is 0. The number of amides is 1. The van der Waals surface area contributed by atoms with Gasteiger partial charge in [0.25, 0.3) is 5.91 Å². The summed E-state index contributed by atoms with van der Waals surface area (Å²) in [5.41, 5.74) is 6.23. The molecule has 1 saturated heterocycles. The molecule has 0 spiro atoms. The molecular weight excluding hydrogens is 338 g/mol. The van der Waals surface area contributed by atoms with E-state index in [2.05, 4.69) is 11.6 Å². The van der Waals surface area contributed by atoms with Gasteiger partial charge in [0.2, 0.25) is 10.0 Å².